The molecule has 0 saturated heterocycles. The minimum Gasteiger partial charge on any atom is -0.295 e. The van der Waals surface area contributed by atoms with Gasteiger partial charge in [-0.05, 0) is 20.8 Å². The normalized spacial score (nSPS) is 39.4. The first kappa shape index (κ1) is 9.28. The van der Waals surface area contributed by atoms with E-state index in [0.717, 1.165) is 0 Å². The fraction of sp³-hybridized carbons (Fsp3) is 0.556. The first-order valence-electron chi connectivity index (χ1n) is 3.69. The Morgan fingerprint density at radius 1 is 1.67 bits per heavy atom. The molecule has 0 saturated carbocycles. The average molecular weight is 184 g/mol. The van der Waals surface area contributed by atoms with Gasteiger partial charge in [-0.15, -0.1) is 11.6 Å². The molecule has 0 radical (unpaired) electrons. The van der Waals surface area contributed by atoms with Crippen molar-refractivity contribution >= 4 is 17.4 Å². The number of alkyl halides is 1. The number of nitriles is 1. The Morgan fingerprint density at radius 3 is 2.42 bits per heavy atom. The van der Waals surface area contributed by atoms with Gasteiger partial charge >= 0.3 is 0 Å². The van der Waals surface area contributed by atoms with E-state index in [0.29, 0.717) is 5.57 Å². The lowest BCUT2D eigenvalue weighted by Gasteiger charge is -2.44. The summed E-state index contributed by atoms with van der Waals surface area (Å²) in [7, 11) is 0. The molecule has 0 spiro atoms. The highest BCUT2D eigenvalue weighted by Gasteiger charge is 2.54. The number of hydrogen-bond donors (Lipinski definition) is 0. The SMILES string of the molecule is CC(=O)C1=CC(C)(C#N)C1(C)Cl. The van der Waals surface area contributed by atoms with Gasteiger partial charge in [0, 0.05) is 5.57 Å². The number of allylic oxidation sites excluding steroid dienone is 2. The van der Waals surface area contributed by atoms with Crippen LogP contribution in [0.2, 0.25) is 0 Å². The van der Waals surface area contributed by atoms with Gasteiger partial charge in [0.1, 0.15) is 0 Å². The van der Waals surface area contributed by atoms with Crippen LogP contribution in [0.5, 0.6) is 0 Å². The number of nitrogens with zero attached hydrogens (tertiary/aromatic N) is 1. The minimum atomic E-state index is -0.812. The molecule has 0 N–H and O–H groups in total. The number of halogens is 1. The Hall–Kier alpha value is -0.810. The zero-order chi connectivity index (χ0) is 9.57. The van der Waals surface area contributed by atoms with E-state index in [9.17, 15) is 4.79 Å². The van der Waals surface area contributed by atoms with Crippen molar-refractivity contribution in [3.05, 3.63) is 11.6 Å². The molecule has 0 heterocycles. The third kappa shape index (κ3) is 0.899. The summed E-state index contributed by atoms with van der Waals surface area (Å²) >= 11 is 6.06. The molecule has 0 aliphatic heterocycles. The van der Waals surface area contributed by atoms with E-state index in [4.69, 9.17) is 16.9 Å². The predicted octanol–water partition coefficient (Wildman–Crippen LogP) is 2.04. The van der Waals surface area contributed by atoms with E-state index in [1.165, 1.54) is 6.92 Å². The van der Waals surface area contributed by atoms with Crippen LogP contribution in [0.3, 0.4) is 0 Å². The molecule has 1 rings (SSSR count). The molecule has 12 heavy (non-hydrogen) atoms. The summed E-state index contributed by atoms with van der Waals surface area (Å²) in [4.78, 5) is 10.2. The van der Waals surface area contributed by atoms with Gasteiger partial charge in [-0.2, -0.15) is 5.26 Å². The van der Waals surface area contributed by atoms with Crippen molar-refractivity contribution in [1.29, 1.82) is 5.26 Å². The van der Waals surface area contributed by atoms with Crippen LogP contribution in [-0.4, -0.2) is 10.7 Å². The lowest BCUT2D eigenvalue weighted by molar-refractivity contribution is -0.114. The summed E-state index contributed by atoms with van der Waals surface area (Å²) in [6, 6.07) is 2.09. The van der Waals surface area contributed by atoms with Gasteiger partial charge < -0.3 is 0 Å². The zero-order valence-electron chi connectivity index (χ0n) is 7.31. The number of carbonyl (C=O) groups is 1. The van der Waals surface area contributed by atoms with Gasteiger partial charge in [-0.25, -0.2) is 0 Å². The number of Topliss-reactive ketones (excluding diaryl/α,β-unsaturated/α-hetero) is 1. The van der Waals surface area contributed by atoms with Crippen LogP contribution in [0.4, 0.5) is 0 Å². The maximum atomic E-state index is 11.0. The molecule has 2 nitrogen and oxygen atoms in total. The molecule has 2 atom stereocenters. The van der Waals surface area contributed by atoms with E-state index < -0.39 is 10.3 Å². The van der Waals surface area contributed by atoms with Gasteiger partial charge in [0.2, 0.25) is 0 Å². The Kier molecular flexibility index (Phi) is 1.81. The van der Waals surface area contributed by atoms with E-state index in [1.54, 1.807) is 19.9 Å². The van der Waals surface area contributed by atoms with Crippen LogP contribution < -0.4 is 0 Å². The first-order chi connectivity index (χ1) is 5.35. The summed E-state index contributed by atoms with van der Waals surface area (Å²) in [6.45, 7) is 4.89. The van der Waals surface area contributed by atoms with Gasteiger partial charge in [-0.3, -0.25) is 4.79 Å². The molecule has 1 aliphatic carbocycles. The summed E-state index contributed by atoms with van der Waals surface area (Å²) in [5, 5.41) is 8.79. The van der Waals surface area contributed by atoms with E-state index in [2.05, 4.69) is 6.07 Å². The molecule has 2 unspecified atom stereocenters. The van der Waals surface area contributed by atoms with Crippen LogP contribution in [-0.2, 0) is 4.79 Å². The third-order valence-corrected chi connectivity index (χ3v) is 3.12. The fourth-order valence-electron chi connectivity index (χ4n) is 1.33. The summed E-state index contributed by atoms with van der Waals surface area (Å²) in [5.41, 5.74) is -0.150. The zero-order valence-corrected chi connectivity index (χ0v) is 8.07. The molecule has 3 heteroatoms. The van der Waals surface area contributed by atoms with Crippen molar-refractivity contribution in [2.75, 3.05) is 0 Å². The second-order valence-corrected chi connectivity index (χ2v) is 4.19. The maximum Gasteiger partial charge on any atom is 0.157 e. The number of rotatable bonds is 1. The molecular weight excluding hydrogens is 174 g/mol. The summed E-state index contributed by atoms with van der Waals surface area (Å²) in [5.74, 6) is -0.0553. The second-order valence-electron chi connectivity index (χ2n) is 3.43. The molecule has 0 aromatic rings. The molecule has 0 aromatic carbocycles. The monoisotopic (exact) mass is 183 g/mol. The Balaban J connectivity index is 3.12. The molecule has 0 amide bonds. The van der Waals surface area contributed by atoms with Crippen LogP contribution in [0.1, 0.15) is 20.8 Å². The van der Waals surface area contributed by atoms with Crippen molar-refractivity contribution in [2.24, 2.45) is 5.41 Å². The van der Waals surface area contributed by atoms with Crippen molar-refractivity contribution in [3.63, 3.8) is 0 Å². The maximum absolute atomic E-state index is 11.0. The molecule has 0 bridgehead atoms. The van der Waals surface area contributed by atoms with Crippen LogP contribution in [0.25, 0.3) is 0 Å². The molecule has 0 fully saturated rings. The quantitative estimate of drug-likeness (QED) is 0.584. The highest BCUT2D eigenvalue weighted by atomic mass is 35.5. The van der Waals surface area contributed by atoms with Crippen molar-refractivity contribution in [3.8, 4) is 6.07 Å². The first-order valence-corrected chi connectivity index (χ1v) is 4.07. The lowest BCUT2D eigenvalue weighted by Crippen LogP contribution is -2.48. The summed E-state index contributed by atoms with van der Waals surface area (Å²) < 4.78 is 0. The smallest absolute Gasteiger partial charge is 0.157 e. The van der Waals surface area contributed by atoms with E-state index in [-0.39, 0.29) is 5.78 Å². The third-order valence-electron chi connectivity index (χ3n) is 2.53. The Morgan fingerprint density at radius 2 is 2.17 bits per heavy atom. The average Bonchev–Trinajstić information content (AvgIpc) is 1.98. The highest BCUT2D eigenvalue weighted by Crippen LogP contribution is 2.52. The van der Waals surface area contributed by atoms with Crippen LogP contribution >= 0.6 is 11.6 Å². The lowest BCUT2D eigenvalue weighted by atomic mass is 9.63. The topological polar surface area (TPSA) is 40.9 Å². The van der Waals surface area contributed by atoms with Crippen LogP contribution in [0.15, 0.2) is 11.6 Å². The fourth-order valence-corrected chi connectivity index (χ4v) is 1.62. The van der Waals surface area contributed by atoms with Crippen molar-refractivity contribution in [1.82, 2.24) is 0 Å². The van der Waals surface area contributed by atoms with Crippen molar-refractivity contribution in [2.45, 2.75) is 25.6 Å². The predicted molar refractivity (Wildman–Crippen MR) is 46.7 cm³/mol. The van der Waals surface area contributed by atoms with Gasteiger partial charge in [0.05, 0.1) is 16.4 Å². The minimum absolute atomic E-state index is 0.0553. The largest absolute Gasteiger partial charge is 0.295 e. The Bertz CT molecular complexity index is 311. The molecule has 64 valence electrons. The molecule has 0 aromatic heterocycles. The second kappa shape index (κ2) is 2.34. The number of ketones is 1. The van der Waals surface area contributed by atoms with Crippen LogP contribution in [0, 0.1) is 16.7 Å². The van der Waals surface area contributed by atoms with Gasteiger partial charge in [0.25, 0.3) is 0 Å². The van der Waals surface area contributed by atoms with Gasteiger partial charge in [-0.1, -0.05) is 6.08 Å². The van der Waals surface area contributed by atoms with Gasteiger partial charge in [0.15, 0.2) is 5.78 Å². The molecular formula is C9H10ClNO. The standard InChI is InChI=1S/C9H10ClNO/c1-6(12)7-4-8(2,5-11)9(7,3)10/h4H,1-3H3. The number of hydrogen-bond acceptors (Lipinski definition) is 2. The van der Waals surface area contributed by atoms with E-state index >= 15 is 0 Å². The molecule has 1 aliphatic rings. The van der Waals surface area contributed by atoms with E-state index in [1.807, 2.05) is 0 Å². The number of carbonyl (C=O) groups excluding carboxylic acids is 1. The highest BCUT2D eigenvalue weighted by molar-refractivity contribution is 6.31. The summed E-state index contributed by atoms with van der Waals surface area (Å²) in [6.07, 6.45) is 1.64. The Labute approximate surface area is 76.8 Å². The van der Waals surface area contributed by atoms with Crippen molar-refractivity contribution < 1.29 is 4.79 Å².